The summed E-state index contributed by atoms with van der Waals surface area (Å²) in [6, 6.07) is 5.62. The molecular formula is C22H34O3. The van der Waals surface area contributed by atoms with Crippen molar-refractivity contribution in [2.24, 2.45) is 0 Å². The molecule has 25 heavy (non-hydrogen) atoms. The van der Waals surface area contributed by atoms with Crippen LogP contribution in [0.5, 0.6) is 5.75 Å². The lowest BCUT2D eigenvalue weighted by Gasteiger charge is -2.10. The van der Waals surface area contributed by atoms with Crippen molar-refractivity contribution in [2.45, 2.75) is 71.6 Å². The first-order chi connectivity index (χ1) is 12.2. The van der Waals surface area contributed by atoms with Crippen LogP contribution in [0.3, 0.4) is 0 Å². The highest BCUT2D eigenvalue weighted by atomic mass is 16.5. The van der Waals surface area contributed by atoms with Crippen molar-refractivity contribution in [3.8, 4) is 5.75 Å². The van der Waals surface area contributed by atoms with Crippen LogP contribution in [0.1, 0.15) is 87.6 Å². The molecule has 1 aromatic carbocycles. The van der Waals surface area contributed by atoms with Crippen molar-refractivity contribution in [3.63, 3.8) is 0 Å². The lowest BCUT2D eigenvalue weighted by Crippen LogP contribution is -2.08. The quantitative estimate of drug-likeness (QED) is 0.305. The highest BCUT2D eigenvalue weighted by Gasteiger charge is 2.16. The molecule has 1 rings (SSSR count). The third kappa shape index (κ3) is 8.24. The van der Waals surface area contributed by atoms with E-state index < -0.39 is 0 Å². The summed E-state index contributed by atoms with van der Waals surface area (Å²) in [5, 5.41) is 0. The number of benzene rings is 1. The number of unbranched alkanes of at least 4 members (excludes halogenated alkanes) is 8. The Kier molecular flexibility index (Phi) is 11.5. The van der Waals surface area contributed by atoms with Gasteiger partial charge in [-0.3, -0.25) is 0 Å². The van der Waals surface area contributed by atoms with Gasteiger partial charge >= 0.3 is 5.97 Å². The number of carbonyl (C=O) groups is 1. The second kappa shape index (κ2) is 13.5. The fraction of sp³-hybridized carbons (Fsp3) is 0.591. The number of hydrogen-bond acceptors (Lipinski definition) is 3. The van der Waals surface area contributed by atoms with Crippen molar-refractivity contribution in [1.29, 1.82) is 0 Å². The number of rotatable bonds is 13. The molecule has 3 nitrogen and oxygen atoms in total. The van der Waals surface area contributed by atoms with Crippen molar-refractivity contribution < 1.29 is 14.3 Å². The highest BCUT2D eigenvalue weighted by molar-refractivity contribution is 5.96. The van der Waals surface area contributed by atoms with E-state index in [0.717, 1.165) is 12.0 Å². The van der Waals surface area contributed by atoms with Gasteiger partial charge in [-0.05, 0) is 31.4 Å². The summed E-state index contributed by atoms with van der Waals surface area (Å²) in [7, 11) is 1.58. The summed E-state index contributed by atoms with van der Waals surface area (Å²) in [4.78, 5) is 12.2. The SMILES string of the molecule is CCCCCCCCCC/C=C/c1cccc(OC)c1C(=O)OCC. The molecule has 0 aromatic heterocycles. The average molecular weight is 347 g/mol. The molecule has 0 aliphatic heterocycles. The van der Waals surface area contributed by atoms with Gasteiger partial charge in [-0.2, -0.15) is 0 Å². The molecule has 0 aliphatic rings. The predicted molar refractivity (Wildman–Crippen MR) is 105 cm³/mol. The minimum absolute atomic E-state index is 0.327. The molecule has 0 heterocycles. The lowest BCUT2D eigenvalue weighted by atomic mass is 10.0. The van der Waals surface area contributed by atoms with Gasteiger partial charge in [0.05, 0.1) is 13.7 Å². The third-order valence-electron chi connectivity index (χ3n) is 4.28. The molecule has 0 bridgehead atoms. The summed E-state index contributed by atoms with van der Waals surface area (Å²) in [6.07, 6.45) is 15.8. The number of allylic oxidation sites excluding steroid dienone is 1. The third-order valence-corrected chi connectivity index (χ3v) is 4.28. The largest absolute Gasteiger partial charge is 0.496 e. The number of esters is 1. The van der Waals surface area contributed by atoms with Crippen LogP contribution >= 0.6 is 0 Å². The van der Waals surface area contributed by atoms with E-state index in [0.29, 0.717) is 17.9 Å². The van der Waals surface area contributed by atoms with Crippen molar-refractivity contribution in [1.82, 2.24) is 0 Å². The van der Waals surface area contributed by atoms with Gasteiger partial charge < -0.3 is 9.47 Å². The minimum Gasteiger partial charge on any atom is -0.496 e. The molecule has 0 radical (unpaired) electrons. The van der Waals surface area contributed by atoms with Crippen LogP contribution in [0.4, 0.5) is 0 Å². The van der Waals surface area contributed by atoms with Gasteiger partial charge in [-0.1, -0.05) is 76.2 Å². The minimum atomic E-state index is -0.327. The van der Waals surface area contributed by atoms with Crippen molar-refractivity contribution >= 4 is 12.0 Å². The van der Waals surface area contributed by atoms with E-state index in [9.17, 15) is 4.79 Å². The van der Waals surface area contributed by atoms with Crippen LogP contribution in [-0.2, 0) is 4.74 Å². The first-order valence-corrected chi connectivity index (χ1v) is 9.75. The van der Waals surface area contributed by atoms with E-state index in [2.05, 4.69) is 13.0 Å². The van der Waals surface area contributed by atoms with Gasteiger partial charge in [0.2, 0.25) is 0 Å². The molecule has 0 amide bonds. The maximum atomic E-state index is 12.2. The van der Waals surface area contributed by atoms with Crippen LogP contribution < -0.4 is 4.74 Å². The molecule has 3 heteroatoms. The van der Waals surface area contributed by atoms with Gasteiger partial charge in [0, 0.05) is 0 Å². The first kappa shape index (κ1) is 21.3. The summed E-state index contributed by atoms with van der Waals surface area (Å²) in [5.41, 5.74) is 1.37. The van der Waals surface area contributed by atoms with Crippen LogP contribution in [0, 0.1) is 0 Å². The zero-order chi connectivity index (χ0) is 18.3. The Bertz CT molecular complexity index is 520. The van der Waals surface area contributed by atoms with Crippen LogP contribution in [0.2, 0.25) is 0 Å². The lowest BCUT2D eigenvalue weighted by molar-refractivity contribution is 0.0522. The summed E-state index contributed by atoms with van der Waals surface area (Å²) >= 11 is 0. The maximum absolute atomic E-state index is 12.2. The molecule has 0 saturated carbocycles. The molecule has 1 aromatic rings. The standard InChI is InChI=1S/C22H34O3/c1-4-6-7-8-9-10-11-12-13-14-16-19-17-15-18-20(24-3)21(19)22(23)25-5-2/h14-18H,4-13H2,1-3H3/b16-14+. The van der Waals surface area contributed by atoms with E-state index in [4.69, 9.17) is 9.47 Å². The molecule has 0 aliphatic carbocycles. The van der Waals surface area contributed by atoms with E-state index in [-0.39, 0.29) is 5.97 Å². The molecule has 0 fully saturated rings. The second-order valence-corrected chi connectivity index (χ2v) is 6.31. The van der Waals surface area contributed by atoms with E-state index in [1.54, 1.807) is 13.2 Å². The molecule has 0 spiro atoms. The maximum Gasteiger partial charge on any atom is 0.342 e. The van der Waals surface area contributed by atoms with Crippen LogP contribution in [0.25, 0.3) is 6.08 Å². The Morgan fingerprint density at radius 2 is 1.68 bits per heavy atom. The zero-order valence-corrected chi connectivity index (χ0v) is 16.2. The topological polar surface area (TPSA) is 35.5 Å². The molecule has 0 saturated heterocycles. The second-order valence-electron chi connectivity index (χ2n) is 6.31. The van der Waals surface area contributed by atoms with Crippen LogP contribution in [0.15, 0.2) is 24.3 Å². The summed E-state index contributed by atoms with van der Waals surface area (Å²) in [5.74, 6) is 0.236. The van der Waals surface area contributed by atoms with Gasteiger partial charge in [-0.25, -0.2) is 4.79 Å². The summed E-state index contributed by atoms with van der Waals surface area (Å²) < 4.78 is 10.5. The van der Waals surface area contributed by atoms with Gasteiger partial charge in [0.25, 0.3) is 0 Å². The molecule has 0 N–H and O–H groups in total. The first-order valence-electron chi connectivity index (χ1n) is 9.75. The monoisotopic (exact) mass is 346 g/mol. The average Bonchev–Trinajstić information content (AvgIpc) is 2.63. The Hall–Kier alpha value is -1.77. The molecule has 0 atom stereocenters. The Labute approximate surface area is 153 Å². The normalized spacial score (nSPS) is 11.0. The van der Waals surface area contributed by atoms with Gasteiger partial charge in [-0.15, -0.1) is 0 Å². The molecule has 0 unspecified atom stereocenters. The number of ether oxygens (including phenoxy) is 2. The summed E-state index contributed by atoms with van der Waals surface area (Å²) in [6.45, 7) is 4.42. The fourth-order valence-corrected chi connectivity index (χ4v) is 2.89. The van der Waals surface area contributed by atoms with Crippen molar-refractivity contribution in [3.05, 3.63) is 35.4 Å². The highest BCUT2D eigenvalue weighted by Crippen LogP contribution is 2.24. The number of methoxy groups -OCH3 is 1. The molecular weight excluding hydrogens is 312 g/mol. The number of hydrogen-bond donors (Lipinski definition) is 0. The van der Waals surface area contributed by atoms with Crippen molar-refractivity contribution in [2.75, 3.05) is 13.7 Å². The Morgan fingerprint density at radius 1 is 1.00 bits per heavy atom. The van der Waals surface area contributed by atoms with E-state index in [1.807, 2.05) is 25.1 Å². The van der Waals surface area contributed by atoms with Gasteiger partial charge in [0.1, 0.15) is 11.3 Å². The predicted octanol–water partition coefficient (Wildman–Crippen LogP) is 6.42. The number of carbonyl (C=O) groups excluding carboxylic acids is 1. The van der Waals surface area contributed by atoms with E-state index >= 15 is 0 Å². The zero-order valence-electron chi connectivity index (χ0n) is 16.2. The molecule has 140 valence electrons. The smallest absolute Gasteiger partial charge is 0.342 e. The van der Waals surface area contributed by atoms with Gasteiger partial charge in [0.15, 0.2) is 0 Å². The van der Waals surface area contributed by atoms with Crippen LogP contribution in [-0.4, -0.2) is 19.7 Å². The van der Waals surface area contributed by atoms with E-state index in [1.165, 1.54) is 51.4 Å². The fourth-order valence-electron chi connectivity index (χ4n) is 2.89. The Morgan fingerprint density at radius 3 is 2.32 bits per heavy atom. The Balaban J connectivity index is 2.45.